The van der Waals surface area contributed by atoms with Gasteiger partial charge in [0.25, 0.3) is 0 Å². The van der Waals surface area contributed by atoms with Gasteiger partial charge in [-0.25, -0.2) is 9.59 Å². The van der Waals surface area contributed by atoms with Gasteiger partial charge in [-0.15, -0.1) is 0 Å². The molecule has 0 aliphatic heterocycles. The summed E-state index contributed by atoms with van der Waals surface area (Å²) in [6.45, 7) is 9.34. The Labute approximate surface area is 181 Å². The van der Waals surface area contributed by atoms with E-state index in [1.807, 2.05) is 0 Å². The molecule has 0 saturated heterocycles. The second-order valence-corrected chi connectivity index (χ2v) is 7.58. The molecule has 1 aromatic rings. The number of ether oxygens (including phenoxy) is 2. The molecule has 162 valence electrons. The number of carbonyl (C=O) groups excluding carboxylic acids is 2. The third kappa shape index (κ3) is 10.1. The molecule has 0 aromatic heterocycles. The molecule has 0 bridgehead atoms. The van der Waals surface area contributed by atoms with E-state index in [0.717, 1.165) is 51.4 Å². The van der Waals surface area contributed by atoms with Crippen LogP contribution < -0.4 is 0 Å². The normalized spacial score (nSPS) is 12.6. The molecule has 0 aliphatic rings. The molecule has 2 unspecified atom stereocenters. The van der Waals surface area contributed by atoms with E-state index in [1.54, 1.807) is 24.3 Å². The molecule has 1 aromatic carbocycles. The van der Waals surface area contributed by atoms with Gasteiger partial charge in [-0.1, -0.05) is 78.4 Å². The lowest BCUT2D eigenvalue weighted by molar-refractivity contribution is 0.0381. The minimum absolute atomic E-state index is 0. The number of carbonyl (C=O) groups is 2. The summed E-state index contributed by atoms with van der Waals surface area (Å²) in [5.41, 5.74) is 0.582. The van der Waals surface area contributed by atoms with Crippen molar-refractivity contribution < 1.29 is 19.1 Å². The second-order valence-electron chi connectivity index (χ2n) is 7.58. The maximum absolute atomic E-state index is 12.6. The molecule has 1 rings (SSSR count). The lowest BCUT2D eigenvalue weighted by Gasteiger charge is -2.17. The summed E-state index contributed by atoms with van der Waals surface area (Å²) in [6.07, 6.45) is 8.61. The van der Waals surface area contributed by atoms with Crippen molar-refractivity contribution in [3.63, 3.8) is 0 Å². The van der Waals surface area contributed by atoms with Gasteiger partial charge in [0.05, 0.1) is 24.3 Å². The highest BCUT2D eigenvalue weighted by Crippen LogP contribution is 2.18. The van der Waals surface area contributed by atoms with Crippen molar-refractivity contribution >= 4 is 22.9 Å². The molecular formula is C24H38O4Si. The molecule has 4 radical (unpaired) electrons. The molecule has 0 spiro atoms. The molecule has 29 heavy (non-hydrogen) atoms. The minimum atomic E-state index is -0.444. The summed E-state index contributed by atoms with van der Waals surface area (Å²) in [6, 6.07) is 6.77. The van der Waals surface area contributed by atoms with Crippen LogP contribution in [0.15, 0.2) is 24.3 Å². The van der Waals surface area contributed by atoms with Crippen LogP contribution in [0, 0.1) is 11.8 Å². The predicted molar refractivity (Wildman–Crippen MR) is 119 cm³/mol. The second kappa shape index (κ2) is 16.2. The summed E-state index contributed by atoms with van der Waals surface area (Å²) in [7, 11) is 0. The number of rotatable bonds is 14. The zero-order valence-electron chi connectivity index (χ0n) is 18.7. The molecular weight excluding hydrogens is 380 g/mol. The standard InChI is InChI=1S/C24H38O4.Si/c1-5-9-13-19(7-3)17-27-23(25)21-15-11-12-16-22(21)24(26)28-18-20(8-4)14-10-6-2;/h11-12,15-16,19-20H,5-10,13-14,17-18H2,1-4H3;. The average molecular weight is 419 g/mol. The fourth-order valence-electron chi connectivity index (χ4n) is 3.18. The van der Waals surface area contributed by atoms with Crippen LogP contribution in [-0.2, 0) is 9.47 Å². The van der Waals surface area contributed by atoms with Crippen molar-refractivity contribution in [1.82, 2.24) is 0 Å². The summed E-state index contributed by atoms with van der Waals surface area (Å²) in [4.78, 5) is 25.1. The molecule has 0 amide bonds. The Bertz CT molecular complexity index is 537. The van der Waals surface area contributed by atoms with Crippen LogP contribution in [0.25, 0.3) is 0 Å². The Morgan fingerprint density at radius 1 is 0.759 bits per heavy atom. The molecule has 0 aliphatic carbocycles. The van der Waals surface area contributed by atoms with Crippen molar-refractivity contribution in [3.05, 3.63) is 35.4 Å². The van der Waals surface area contributed by atoms with Crippen LogP contribution in [0.4, 0.5) is 0 Å². The molecule has 0 N–H and O–H groups in total. The van der Waals surface area contributed by atoms with E-state index in [9.17, 15) is 9.59 Å². The topological polar surface area (TPSA) is 52.6 Å². The SMILES string of the molecule is CCCCC(CC)COC(=O)c1ccccc1C(=O)OCC(CC)CCCC.[Si]. The van der Waals surface area contributed by atoms with E-state index >= 15 is 0 Å². The van der Waals surface area contributed by atoms with E-state index < -0.39 is 11.9 Å². The van der Waals surface area contributed by atoms with E-state index in [1.165, 1.54) is 0 Å². The Kier molecular flexibility index (Phi) is 15.3. The van der Waals surface area contributed by atoms with Crippen molar-refractivity contribution in [3.8, 4) is 0 Å². The Hall–Kier alpha value is -1.62. The van der Waals surface area contributed by atoms with Crippen molar-refractivity contribution in [2.24, 2.45) is 11.8 Å². The first kappa shape index (κ1) is 27.4. The summed E-state index contributed by atoms with van der Waals surface area (Å²) in [5, 5.41) is 0. The highest BCUT2D eigenvalue weighted by molar-refractivity contribution is 6.03. The van der Waals surface area contributed by atoms with E-state index in [-0.39, 0.29) is 11.0 Å². The van der Waals surface area contributed by atoms with Crippen molar-refractivity contribution in [2.45, 2.75) is 79.1 Å². The van der Waals surface area contributed by atoms with Gasteiger partial charge in [-0.3, -0.25) is 0 Å². The number of hydrogen-bond acceptors (Lipinski definition) is 4. The van der Waals surface area contributed by atoms with Gasteiger partial charge in [0.15, 0.2) is 0 Å². The fraction of sp³-hybridized carbons (Fsp3) is 0.667. The van der Waals surface area contributed by atoms with Crippen LogP contribution in [0.1, 0.15) is 99.8 Å². The molecule has 0 fully saturated rings. The van der Waals surface area contributed by atoms with Crippen LogP contribution >= 0.6 is 0 Å². The largest absolute Gasteiger partial charge is 0.462 e. The highest BCUT2D eigenvalue weighted by atomic mass is 28.1. The number of benzene rings is 1. The van der Waals surface area contributed by atoms with Gasteiger partial charge in [-0.2, -0.15) is 0 Å². The van der Waals surface area contributed by atoms with Gasteiger partial charge in [0.1, 0.15) is 0 Å². The summed E-state index contributed by atoms with van der Waals surface area (Å²) >= 11 is 0. The lowest BCUT2D eigenvalue weighted by atomic mass is 10.0. The first-order chi connectivity index (χ1) is 13.6. The Balaban J connectivity index is 0.00000784. The van der Waals surface area contributed by atoms with E-state index in [0.29, 0.717) is 36.2 Å². The van der Waals surface area contributed by atoms with Gasteiger partial charge >= 0.3 is 11.9 Å². The van der Waals surface area contributed by atoms with Gasteiger partial charge < -0.3 is 9.47 Å². The van der Waals surface area contributed by atoms with Gasteiger partial charge in [0.2, 0.25) is 0 Å². The maximum atomic E-state index is 12.6. The fourth-order valence-corrected chi connectivity index (χ4v) is 3.18. The summed E-state index contributed by atoms with van der Waals surface area (Å²) in [5.74, 6) is -0.153. The van der Waals surface area contributed by atoms with Crippen molar-refractivity contribution in [1.29, 1.82) is 0 Å². The smallest absolute Gasteiger partial charge is 0.339 e. The molecule has 0 heterocycles. The monoisotopic (exact) mass is 418 g/mol. The van der Waals surface area contributed by atoms with E-state index in [2.05, 4.69) is 27.7 Å². The van der Waals surface area contributed by atoms with Crippen molar-refractivity contribution in [2.75, 3.05) is 13.2 Å². The van der Waals surface area contributed by atoms with Crippen LogP contribution in [0.3, 0.4) is 0 Å². The molecule has 2 atom stereocenters. The molecule has 5 heteroatoms. The Morgan fingerprint density at radius 2 is 1.14 bits per heavy atom. The zero-order valence-corrected chi connectivity index (χ0v) is 19.7. The van der Waals surface area contributed by atoms with Crippen LogP contribution in [0.2, 0.25) is 0 Å². The predicted octanol–water partition coefficient (Wildman–Crippen LogP) is 6.05. The van der Waals surface area contributed by atoms with Crippen LogP contribution in [0.5, 0.6) is 0 Å². The third-order valence-electron chi connectivity index (χ3n) is 5.35. The quantitative estimate of drug-likeness (QED) is 0.272. The maximum Gasteiger partial charge on any atom is 0.339 e. The van der Waals surface area contributed by atoms with Gasteiger partial charge in [0, 0.05) is 11.0 Å². The van der Waals surface area contributed by atoms with E-state index in [4.69, 9.17) is 9.47 Å². The molecule has 0 saturated carbocycles. The zero-order chi connectivity index (χ0) is 20.8. The first-order valence-corrected chi connectivity index (χ1v) is 11.0. The van der Waals surface area contributed by atoms with Crippen LogP contribution in [-0.4, -0.2) is 36.1 Å². The summed E-state index contributed by atoms with van der Waals surface area (Å²) < 4.78 is 11.0. The lowest BCUT2D eigenvalue weighted by Crippen LogP contribution is -2.19. The first-order valence-electron chi connectivity index (χ1n) is 11.0. The van der Waals surface area contributed by atoms with Gasteiger partial charge in [-0.05, 0) is 36.8 Å². The minimum Gasteiger partial charge on any atom is -0.462 e. The Morgan fingerprint density at radius 3 is 1.45 bits per heavy atom. The number of hydrogen-bond donors (Lipinski definition) is 0. The third-order valence-corrected chi connectivity index (χ3v) is 5.35. The number of esters is 2. The average Bonchev–Trinajstić information content (AvgIpc) is 2.73. The number of unbranched alkanes of at least 4 members (excludes halogenated alkanes) is 2. The highest BCUT2D eigenvalue weighted by Gasteiger charge is 2.21. The molecule has 4 nitrogen and oxygen atoms in total.